The minimum atomic E-state index is -0.268. The van der Waals surface area contributed by atoms with Gasteiger partial charge in [0.25, 0.3) is 0 Å². The van der Waals surface area contributed by atoms with Crippen molar-refractivity contribution in [3.05, 3.63) is 68.8 Å². The van der Waals surface area contributed by atoms with Gasteiger partial charge in [-0.1, -0.05) is 6.07 Å². The number of pyridine rings is 1. The number of carbonyl (C=O) groups is 1. The molecule has 0 saturated carbocycles. The van der Waals surface area contributed by atoms with E-state index in [0.717, 1.165) is 52.5 Å². The standard InChI is InChI=1S/C21H17NO4/c1-11-8-16-19(13-5-2-6-14(13)21(24)25-16)20-18(11)15(9-17(23)26-20)12-4-3-7-22-10-12/h3-4,7-8,10,15H,2,5-6,9H2,1H3/t15-/m0/s1. The van der Waals surface area contributed by atoms with Crippen LogP contribution in [0.3, 0.4) is 0 Å². The summed E-state index contributed by atoms with van der Waals surface area (Å²) < 4.78 is 11.3. The van der Waals surface area contributed by atoms with Gasteiger partial charge in [0, 0.05) is 29.4 Å². The lowest BCUT2D eigenvalue weighted by Gasteiger charge is -2.28. The number of hydrogen-bond donors (Lipinski definition) is 0. The lowest BCUT2D eigenvalue weighted by atomic mass is 9.83. The van der Waals surface area contributed by atoms with E-state index in [9.17, 15) is 9.59 Å². The topological polar surface area (TPSA) is 69.4 Å². The van der Waals surface area contributed by atoms with Crippen LogP contribution in [0.5, 0.6) is 5.75 Å². The highest BCUT2D eigenvalue weighted by Crippen LogP contribution is 2.46. The SMILES string of the molecule is Cc1cc2oc(=O)c3c(c2c2c1[C@H](c1cccnc1)CC(=O)O2)CCC3. The first-order chi connectivity index (χ1) is 12.6. The molecule has 3 aromatic rings. The Balaban J connectivity index is 1.86. The maximum absolute atomic E-state index is 12.4. The van der Waals surface area contributed by atoms with Gasteiger partial charge < -0.3 is 9.15 Å². The molecule has 0 unspecified atom stereocenters. The molecular formula is C21H17NO4. The lowest BCUT2D eigenvalue weighted by Crippen LogP contribution is -2.23. The Labute approximate surface area is 149 Å². The number of hydrogen-bond acceptors (Lipinski definition) is 5. The molecule has 130 valence electrons. The van der Waals surface area contributed by atoms with Gasteiger partial charge in [-0.3, -0.25) is 9.78 Å². The molecule has 0 radical (unpaired) electrons. The van der Waals surface area contributed by atoms with Crippen LogP contribution >= 0.6 is 0 Å². The molecule has 0 amide bonds. The van der Waals surface area contributed by atoms with E-state index >= 15 is 0 Å². The van der Waals surface area contributed by atoms with E-state index in [-0.39, 0.29) is 23.9 Å². The number of carbonyl (C=O) groups excluding carboxylic acids is 1. The van der Waals surface area contributed by atoms with Crippen molar-refractivity contribution < 1.29 is 13.9 Å². The summed E-state index contributed by atoms with van der Waals surface area (Å²) in [6, 6.07) is 5.76. The van der Waals surface area contributed by atoms with Crippen molar-refractivity contribution >= 4 is 16.9 Å². The summed E-state index contributed by atoms with van der Waals surface area (Å²) in [6.45, 7) is 1.97. The Morgan fingerprint density at radius 2 is 2.04 bits per heavy atom. The molecule has 26 heavy (non-hydrogen) atoms. The van der Waals surface area contributed by atoms with Gasteiger partial charge >= 0.3 is 11.6 Å². The minimum absolute atomic E-state index is 0.103. The van der Waals surface area contributed by atoms with Crippen LogP contribution < -0.4 is 10.4 Å². The summed E-state index contributed by atoms with van der Waals surface area (Å²) >= 11 is 0. The highest BCUT2D eigenvalue weighted by atomic mass is 16.5. The molecule has 0 N–H and O–H groups in total. The van der Waals surface area contributed by atoms with Crippen LogP contribution in [0.15, 0.2) is 39.8 Å². The van der Waals surface area contributed by atoms with Crippen LogP contribution in [-0.4, -0.2) is 11.0 Å². The quantitative estimate of drug-likeness (QED) is 0.383. The Kier molecular flexibility index (Phi) is 3.26. The van der Waals surface area contributed by atoms with E-state index in [1.54, 1.807) is 12.4 Å². The molecule has 3 heterocycles. The average Bonchev–Trinajstić information content (AvgIpc) is 3.12. The highest BCUT2D eigenvalue weighted by Gasteiger charge is 2.34. The Morgan fingerprint density at radius 3 is 2.85 bits per heavy atom. The predicted octanol–water partition coefficient (Wildman–Crippen LogP) is 3.43. The second-order valence-electron chi connectivity index (χ2n) is 7.03. The molecule has 5 heteroatoms. The van der Waals surface area contributed by atoms with Gasteiger partial charge in [-0.15, -0.1) is 0 Å². The Bertz CT molecular complexity index is 1110. The predicted molar refractivity (Wildman–Crippen MR) is 95.6 cm³/mol. The largest absolute Gasteiger partial charge is 0.425 e. The summed E-state index contributed by atoms with van der Waals surface area (Å²) in [7, 11) is 0. The van der Waals surface area contributed by atoms with Crippen molar-refractivity contribution in [1.82, 2.24) is 4.98 Å². The fourth-order valence-corrected chi connectivity index (χ4v) is 4.37. The molecular weight excluding hydrogens is 330 g/mol. The summed E-state index contributed by atoms with van der Waals surface area (Å²) in [5.41, 5.74) is 4.88. The maximum atomic E-state index is 12.4. The van der Waals surface area contributed by atoms with Crippen LogP contribution in [0, 0.1) is 6.92 Å². The van der Waals surface area contributed by atoms with Crippen LogP contribution in [0.2, 0.25) is 0 Å². The van der Waals surface area contributed by atoms with Crippen molar-refractivity contribution in [2.24, 2.45) is 0 Å². The first-order valence-corrected chi connectivity index (χ1v) is 8.86. The highest BCUT2D eigenvalue weighted by molar-refractivity contribution is 5.94. The molecule has 2 aliphatic rings. The Hall–Kier alpha value is -2.95. The third-order valence-corrected chi connectivity index (χ3v) is 5.48. The van der Waals surface area contributed by atoms with Gasteiger partial charge in [0.1, 0.15) is 11.3 Å². The third kappa shape index (κ3) is 2.13. The van der Waals surface area contributed by atoms with Gasteiger partial charge in [0.15, 0.2) is 0 Å². The maximum Gasteiger partial charge on any atom is 0.339 e. The van der Waals surface area contributed by atoms with Gasteiger partial charge in [0.05, 0.1) is 11.8 Å². The van der Waals surface area contributed by atoms with E-state index in [0.29, 0.717) is 11.3 Å². The monoisotopic (exact) mass is 347 g/mol. The molecule has 1 aliphatic heterocycles. The Morgan fingerprint density at radius 1 is 1.19 bits per heavy atom. The number of rotatable bonds is 1. The van der Waals surface area contributed by atoms with Gasteiger partial charge in [0.2, 0.25) is 0 Å². The van der Waals surface area contributed by atoms with Gasteiger partial charge in [-0.05, 0) is 55.0 Å². The van der Waals surface area contributed by atoms with Crippen molar-refractivity contribution in [1.29, 1.82) is 0 Å². The number of esters is 1. The van der Waals surface area contributed by atoms with E-state index in [4.69, 9.17) is 9.15 Å². The molecule has 1 atom stereocenters. The fourth-order valence-electron chi connectivity index (χ4n) is 4.37. The number of aromatic nitrogens is 1. The summed E-state index contributed by atoms with van der Waals surface area (Å²) in [6.07, 6.45) is 6.25. The van der Waals surface area contributed by atoms with E-state index < -0.39 is 0 Å². The molecule has 1 aromatic carbocycles. The molecule has 0 fully saturated rings. The molecule has 0 bridgehead atoms. The number of fused-ring (bicyclic) bond motifs is 5. The van der Waals surface area contributed by atoms with Gasteiger partial charge in [-0.25, -0.2) is 4.79 Å². The third-order valence-electron chi connectivity index (χ3n) is 5.48. The molecule has 5 rings (SSSR count). The lowest BCUT2D eigenvalue weighted by molar-refractivity contribution is -0.135. The molecule has 2 aromatic heterocycles. The molecule has 1 aliphatic carbocycles. The van der Waals surface area contributed by atoms with Gasteiger partial charge in [-0.2, -0.15) is 0 Å². The van der Waals surface area contributed by atoms with Crippen LogP contribution in [0.4, 0.5) is 0 Å². The number of nitrogens with zero attached hydrogens (tertiary/aromatic N) is 1. The van der Waals surface area contributed by atoms with Crippen molar-refractivity contribution in [3.63, 3.8) is 0 Å². The zero-order valence-corrected chi connectivity index (χ0v) is 14.4. The zero-order chi connectivity index (χ0) is 17.8. The van der Waals surface area contributed by atoms with Crippen LogP contribution in [-0.2, 0) is 17.6 Å². The normalized spacial score (nSPS) is 18.5. The first kappa shape index (κ1) is 15.3. The van der Waals surface area contributed by atoms with Crippen molar-refractivity contribution in [2.45, 2.75) is 38.5 Å². The number of benzene rings is 1. The smallest absolute Gasteiger partial charge is 0.339 e. The second-order valence-corrected chi connectivity index (χ2v) is 7.03. The van der Waals surface area contributed by atoms with E-state index in [1.807, 2.05) is 25.1 Å². The van der Waals surface area contributed by atoms with Crippen molar-refractivity contribution in [2.75, 3.05) is 0 Å². The van der Waals surface area contributed by atoms with Crippen molar-refractivity contribution in [3.8, 4) is 5.75 Å². The summed E-state index contributed by atoms with van der Waals surface area (Å²) in [5.74, 6) is 0.191. The minimum Gasteiger partial charge on any atom is -0.425 e. The van der Waals surface area contributed by atoms with Crippen LogP contribution in [0.1, 0.15) is 46.6 Å². The molecule has 0 saturated heterocycles. The number of aryl methyl sites for hydroxylation is 2. The summed E-state index contributed by atoms with van der Waals surface area (Å²) in [4.78, 5) is 28.9. The fraction of sp³-hybridized carbons (Fsp3) is 0.286. The second kappa shape index (κ2) is 5.53. The van der Waals surface area contributed by atoms with E-state index in [2.05, 4.69) is 4.98 Å². The average molecular weight is 347 g/mol. The summed E-state index contributed by atoms with van der Waals surface area (Å²) in [5, 5.41) is 0.791. The van der Waals surface area contributed by atoms with Crippen LogP contribution in [0.25, 0.3) is 11.0 Å². The number of ether oxygens (including phenoxy) is 1. The van der Waals surface area contributed by atoms with E-state index in [1.165, 1.54) is 0 Å². The molecule has 0 spiro atoms. The zero-order valence-electron chi connectivity index (χ0n) is 14.4. The first-order valence-electron chi connectivity index (χ1n) is 8.86. The molecule has 5 nitrogen and oxygen atoms in total.